The second-order valence-corrected chi connectivity index (χ2v) is 7.76. The summed E-state index contributed by atoms with van der Waals surface area (Å²) in [5.74, 6) is -0.655. The number of nitrogens with two attached hydrogens (primary N) is 1. The molecule has 8 nitrogen and oxygen atoms in total. The Morgan fingerprint density at radius 1 is 1.16 bits per heavy atom. The molecular formula is C23H24FN3O5. The van der Waals surface area contributed by atoms with E-state index in [9.17, 15) is 23.9 Å². The molecule has 0 fully saturated rings. The predicted molar refractivity (Wildman–Crippen MR) is 118 cm³/mol. The molecular weight excluding hydrogens is 417 g/mol. The van der Waals surface area contributed by atoms with Crippen molar-refractivity contribution in [3.05, 3.63) is 64.3 Å². The number of fused-ring (bicyclic) bond motifs is 1. The molecule has 3 rings (SSSR count). The van der Waals surface area contributed by atoms with Gasteiger partial charge in [-0.25, -0.2) is 9.18 Å². The Bertz CT molecular complexity index is 1220. The molecule has 0 aliphatic carbocycles. The molecule has 168 valence electrons. The van der Waals surface area contributed by atoms with Gasteiger partial charge in [-0.3, -0.25) is 9.59 Å². The zero-order valence-corrected chi connectivity index (χ0v) is 17.7. The zero-order chi connectivity index (χ0) is 23.4. The van der Waals surface area contributed by atoms with Crippen LogP contribution in [-0.2, 0) is 17.9 Å². The third kappa shape index (κ3) is 5.05. The van der Waals surface area contributed by atoms with Crippen molar-refractivity contribution in [3.63, 3.8) is 0 Å². The number of pyridine rings is 1. The Morgan fingerprint density at radius 3 is 2.44 bits per heavy atom. The highest BCUT2D eigenvalue weighted by atomic mass is 19.1. The van der Waals surface area contributed by atoms with E-state index in [1.807, 2.05) is 13.8 Å². The monoisotopic (exact) mass is 441 g/mol. The summed E-state index contributed by atoms with van der Waals surface area (Å²) in [6.07, 6.45) is -1.24. The fraction of sp³-hybridized carbons (Fsp3) is 0.261. The minimum absolute atomic E-state index is 0.105. The van der Waals surface area contributed by atoms with Crippen molar-refractivity contribution in [1.82, 2.24) is 9.88 Å². The lowest BCUT2D eigenvalue weighted by atomic mass is 9.96. The van der Waals surface area contributed by atoms with E-state index < -0.39 is 17.8 Å². The van der Waals surface area contributed by atoms with E-state index in [0.29, 0.717) is 39.9 Å². The van der Waals surface area contributed by atoms with Crippen LogP contribution in [0.3, 0.4) is 0 Å². The summed E-state index contributed by atoms with van der Waals surface area (Å²) < 4.78 is 20.6. The number of halogens is 1. The maximum atomic E-state index is 13.6. The molecule has 3 aromatic rings. The van der Waals surface area contributed by atoms with E-state index in [-0.39, 0.29) is 24.6 Å². The molecule has 0 radical (unpaired) electrons. The number of rotatable bonds is 8. The second-order valence-electron chi connectivity index (χ2n) is 7.76. The molecule has 9 heteroatoms. The lowest BCUT2D eigenvalue weighted by Gasteiger charge is -2.22. The normalized spacial score (nSPS) is 11.0. The molecule has 4 N–H and O–H groups in total. The first-order valence-electron chi connectivity index (χ1n) is 10.0. The van der Waals surface area contributed by atoms with Crippen molar-refractivity contribution in [3.8, 4) is 16.9 Å². The number of carbonyl (C=O) groups is 2. The second kappa shape index (κ2) is 9.51. The summed E-state index contributed by atoms with van der Waals surface area (Å²) in [4.78, 5) is 35.7. The summed E-state index contributed by atoms with van der Waals surface area (Å²) in [6.45, 7) is 3.79. The summed E-state index contributed by atoms with van der Waals surface area (Å²) in [6, 6.07) is 10.5. The molecule has 1 heterocycles. The number of carboxylic acid groups (broad SMARTS) is 1. The minimum Gasteiger partial charge on any atom is -0.484 e. The van der Waals surface area contributed by atoms with E-state index in [1.165, 1.54) is 12.1 Å². The first-order chi connectivity index (χ1) is 15.2. The number of nitrogens with zero attached hydrogens (tertiary/aromatic N) is 1. The molecule has 0 saturated carbocycles. The van der Waals surface area contributed by atoms with Gasteiger partial charge in [0.2, 0.25) is 0 Å². The lowest BCUT2D eigenvalue weighted by Crippen LogP contribution is -2.31. The van der Waals surface area contributed by atoms with Gasteiger partial charge in [0.1, 0.15) is 11.6 Å². The molecule has 0 unspecified atom stereocenters. The van der Waals surface area contributed by atoms with E-state index in [2.05, 4.69) is 5.32 Å². The Labute approximate surface area is 183 Å². The third-order valence-electron chi connectivity index (χ3n) is 4.82. The van der Waals surface area contributed by atoms with Crippen LogP contribution in [0.4, 0.5) is 9.18 Å². The summed E-state index contributed by atoms with van der Waals surface area (Å²) in [7, 11) is 0. The largest absolute Gasteiger partial charge is 0.484 e. The zero-order valence-electron chi connectivity index (χ0n) is 17.7. The lowest BCUT2D eigenvalue weighted by molar-refractivity contribution is -0.119. The Kier molecular flexibility index (Phi) is 6.77. The van der Waals surface area contributed by atoms with Gasteiger partial charge in [0.25, 0.3) is 11.5 Å². The number of hydrogen-bond acceptors (Lipinski definition) is 4. The van der Waals surface area contributed by atoms with Crippen molar-refractivity contribution >= 4 is 22.8 Å². The quantitative estimate of drug-likeness (QED) is 0.496. The van der Waals surface area contributed by atoms with E-state index in [4.69, 9.17) is 10.5 Å². The van der Waals surface area contributed by atoms with Crippen LogP contribution in [0.25, 0.3) is 21.9 Å². The van der Waals surface area contributed by atoms with Gasteiger partial charge >= 0.3 is 6.09 Å². The number of hydrogen-bond donors (Lipinski definition) is 3. The van der Waals surface area contributed by atoms with Crippen LogP contribution in [0, 0.1) is 11.7 Å². The van der Waals surface area contributed by atoms with Crippen molar-refractivity contribution in [2.75, 3.05) is 6.61 Å². The fourth-order valence-corrected chi connectivity index (χ4v) is 3.56. The summed E-state index contributed by atoms with van der Waals surface area (Å²) in [5, 5.41) is 12.4. The maximum Gasteiger partial charge on any atom is 0.404 e. The van der Waals surface area contributed by atoms with E-state index >= 15 is 0 Å². The predicted octanol–water partition coefficient (Wildman–Crippen LogP) is 3.10. The number of carbonyl (C=O) groups excluding carboxylic acids is 1. The van der Waals surface area contributed by atoms with Crippen LogP contribution < -0.4 is 21.3 Å². The SMILES string of the molecule is CC(C)Cn1c(CNC(=O)O)c(-c2ccc(F)cc2)c2cc(OCC(N)=O)ccc2c1=O. The van der Waals surface area contributed by atoms with Crippen molar-refractivity contribution in [2.45, 2.75) is 26.9 Å². The average molecular weight is 441 g/mol. The van der Waals surface area contributed by atoms with Crippen LogP contribution in [-0.4, -0.2) is 28.3 Å². The van der Waals surface area contributed by atoms with E-state index in [0.717, 1.165) is 0 Å². The van der Waals surface area contributed by atoms with Gasteiger partial charge in [0.05, 0.1) is 6.54 Å². The van der Waals surface area contributed by atoms with Gasteiger partial charge in [0.15, 0.2) is 6.61 Å². The van der Waals surface area contributed by atoms with Crippen LogP contribution in [0.15, 0.2) is 47.3 Å². The molecule has 0 saturated heterocycles. The van der Waals surface area contributed by atoms with Crippen molar-refractivity contribution < 1.29 is 23.8 Å². The van der Waals surface area contributed by atoms with Crippen LogP contribution in [0.1, 0.15) is 19.5 Å². The number of primary amides is 1. The molecule has 1 aromatic heterocycles. The third-order valence-corrected chi connectivity index (χ3v) is 4.82. The topological polar surface area (TPSA) is 124 Å². The Morgan fingerprint density at radius 2 is 1.84 bits per heavy atom. The highest BCUT2D eigenvalue weighted by Gasteiger charge is 2.20. The molecule has 0 aliphatic rings. The maximum absolute atomic E-state index is 13.6. The number of ether oxygens (including phenoxy) is 1. The highest BCUT2D eigenvalue weighted by molar-refractivity contribution is 5.98. The first-order valence-corrected chi connectivity index (χ1v) is 10.0. The molecule has 0 spiro atoms. The van der Waals surface area contributed by atoms with Gasteiger partial charge in [0, 0.05) is 28.6 Å². The number of nitrogens with one attached hydrogen (secondary N) is 1. The van der Waals surface area contributed by atoms with Crippen molar-refractivity contribution in [2.24, 2.45) is 11.7 Å². The molecule has 32 heavy (non-hydrogen) atoms. The van der Waals surface area contributed by atoms with Crippen molar-refractivity contribution in [1.29, 1.82) is 0 Å². The Balaban J connectivity index is 2.36. The number of benzene rings is 2. The molecule has 0 atom stereocenters. The molecule has 2 amide bonds. The van der Waals surface area contributed by atoms with Gasteiger partial charge < -0.3 is 25.5 Å². The summed E-state index contributed by atoms with van der Waals surface area (Å²) >= 11 is 0. The molecule has 2 aromatic carbocycles. The van der Waals surface area contributed by atoms with Gasteiger partial charge in [-0.15, -0.1) is 0 Å². The smallest absolute Gasteiger partial charge is 0.404 e. The number of aromatic nitrogens is 1. The van der Waals surface area contributed by atoms with Gasteiger partial charge in [-0.05, 0) is 41.8 Å². The summed E-state index contributed by atoms with van der Waals surface area (Å²) in [5.41, 5.74) is 6.48. The average Bonchev–Trinajstić information content (AvgIpc) is 2.73. The number of amides is 2. The molecule has 0 aliphatic heterocycles. The molecule has 0 bridgehead atoms. The van der Waals surface area contributed by atoms with Gasteiger partial charge in [-0.1, -0.05) is 26.0 Å². The standard InChI is InChI=1S/C23H24FN3O5/c1-13(2)11-27-19(10-26-23(30)31)21(14-3-5-15(24)6-4-14)18-9-16(32-12-20(25)28)7-8-17(18)22(27)29/h3-9,13,26H,10-12H2,1-2H3,(H2,25,28)(H,30,31). The first kappa shape index (κ1) is 22.8. The van der Waals surface area contributed by atoms with Crippen LogP contribution in [0.5, 0.6) is 5.75 Å². The van der Waals surface area contributed by atoms with Gasteiger partial charge in [-0.2, -0.15) is 0 Å². The highest BCUT2D eigenvalue weighted by Crippen LogP contribution is 2.33. The minimum atomic E-state index is -1.24. The van der Waals surface area contributed by atoms with Crippen LogP contribution in [0.2, 0.25) is 0 Å². The Hall–Kier alpha value is -3.88. The van der Waals surface area contributed by atoms with Crippen LogP contribution >= 0.6 is 0 Å². The fourth-order valence-electron chi connectivity index (χ4n) is 3.56. The van der Waals surface area contributed by atoms with E-state index in [1.54, 1.807) is 34.9 Å².